The van der Waals surface area contributed by atoms with Crippen LogP contribution in [0.5, 0.6) is 0 Å². The first-order chi connectivity index (χ1) is 7.48. The molecule has 0 aliphatic heterocycles. The molecule has 0 aromatic carbocycles. The van der Waals surface area contributed by atoms with Gasteiger partial charge in [0.05, 0.1) is 0 Å². The van der Waals surface area contributed by atoms with Crippen molar-refractivity contribution in [2.45, 2.75) is 6.18 Å². The Balaban J connectivity index is 2.44. The molecule has 0 saturated heterocycles. The second-order valence-corrected chi connectivity index (χ2v) is 2.95. The van der Waals surface area contributed by atoms with Gasteiger partial charge in [0.1, 0.15) is 0 Å². The maximum atomic E-state index is 13.2. The third kappa shape index (κ3) is 1.88. The van der Waals surface area contributed by atoms with E-state index in [1.165, 1.54) is 12.3 Å². The molecule has 7 heteroatoms. The molecule has 0 aliphatic carbocycles. The van der Waals surface area contributed by atoms with Gasteiger partial charge in [-0.1, -0.05) is 0 Å². The number of nitrogens with zero attached hydrogens (tertiary/aromatic N) is 3. The minimum atomic E-state index is -4.55. The van der Waals surface area contributed by atoms with Crippen LogP contribution in [-0.2, 0) is 6.18 Å². The summed E-state index contributed by atoms with van der Waals surface area (Å²) >= 11 is 0. The van der Waals surface area contributed by atoms with Crippen molar-refractivity contribution in [1.29, 1.82) is 0 Å². The first kappa shape index (κ1) is 10.6. The molecule has 2 heterocycles. The molecule has 84 valence electrons. The van der Waals surface area contributed by atoms with E-state index in [-0.39, 0.29) is 5.82 Å². The molecular formula is C9H5F4N3. The van der Waals surface area contributed by atoms with Crippen molar-refractivity contribution < 1.29 is 17.6 Å². The van der Waals surface area contributed by atoms with Crippen LogP contribution in [0.15, 0.2) is 30.6 Å². The van der Waals surface area contributed by atoms with Crippen LogP contribution in [0.1, 0.15) is 5.69 Å². The van der Waals surface area contributed by atoms with Gasteiger partial charge in [0.2, 0.25) is 0 Å². The van der Waals surface area contributed by atoms with E-state index in [1.54, 1.807) is 0 Å². The number of aromatic nitrogens is 3. The molecule has 0 atom stereocenters. The highest BCUT2D eigenvalue weighted by Crippen LogP contribution is 2.27. The molecule has 2 rings (SSSR count). The maximum absolute atomic E-state index is 13.2. The van der Waals surface area contributed by atoms with E-state index in [4.69, 9.17) is 0 Å². The van der Waals surface area contributed by atoms with Crippen LogP contribution in [-0.4, -0.2) is 14.8 Å². The topological polar surface area (TPSA) is 30.7 Å². The molecular weight excluding hydrogens is 226 g/mol. The van der Waals surface area contributed by atoms with Gasteiger partial charge < -0.3 is 0 Å². The van der Waals surface area contributed by atoms with Crippen LogP contribution in [0.3, 0.4) is 0 Å². The minimum Gasteiger partial charge on any atom is -0.235 e. The van der Waals surface area contributed by atoms with E-state index in [0.717, 1.165) is 23.0 Å². The lowest BCUT2D eigenvalue weighted by Gasteiger charge is -2.02. The van der Waals surface area contributed by atoms with Gasteiger partial charge in [-0.15, -0.1) is 0 Å². The Labute approximate surface area is 87.3 Å². The minimum absolute atomic E-state index is 0.266. The molecule has 0 bridgehead atoms. The summed E-state index contributed by atoms with van der Waals surface area (Å²) in [6, 6.07) is 3.19. The van der Waals surface area contributed by atoms with Gasteiger partial charge in [0.15, 0.2) is 17.3 Å². The van der Waals surface area contributed by atoms with Crippen LogP contribution >= 0.6 is 0 Å². The molecule has 0 radical (unpaired) electrons. The lowest BCUT2D eigenvalue weighted by Crippen LogP contribution is -2.08. The Bertz CT molecular complexity index is 503. The molecule has 3 nitrogen and oxygen atoms in total. The fraction of sp³-hybridized carbons (Fsp3) is 0.111. The van der Waals surface area contributed by atoms with Gasteiger partial charge in [-0.2, -0.15) is 18.3 Å². The predicted octanol–water partition coefficient (Wildman–Crippen LogP) is 2.43. The summed E-state index contributed by atoms with van der Waals surface area (Å²) in [7, 11) is 0. The zero-order chi connectivity index (χ0) is 11.8. The van der Waals surface area contributed by atoms with Crippen molar-refractivity contribution in [3.8, 4) is 5.82 Å². The molecule has 0 spiro atoms. The third-order valence-electron chi connectivity index (χ3n) is 1.84. The molecule has 2 aromatic heterocycles. The van der Waals surface area contributed by atoms with Gasteiger partial charge in [-0.25, -0.2) is 14.1 Å². The van der Waals surface area contributed by atoms with E-state index >= 15 is 0 Å². The zero-order valence-corrected chi connectivity index (χ0v) is 7.74. The molecule has 0 amide bonds. The summed E-state index contributed by atoms with van der Waals surface area (Å²) in [6.07, 6.45) is -2.27. The van der Waals surface area contributed by atoms with E-state index in [2.05, 4.69) is 10.1 Å². The Hall–Kier alpha value is -1.92. The van der Waals surface area contributed by atoms with Gasteiger partial charge in [-0.05, 0) is 18.2 Å². The number of rotatable bonds is 1. The van der Waals surface area contributed by atoms with Crippen LogP contribution in [0.2, 0.25) is 0 Å². The molecule has 0 N–H and O–H groups in total. The quantitative estimate of drug-likeness (QED) is 0.705. The number of hydrogen-bond acceptors (Lipinski definition) is 2. The van der Waals surface area contributed by atoms with Crippen molar-refractivity contribution in [2.24, 2.45) is 0 Å². The van der Waals surface area contributed by atoms with Crippen molar-refractivity contribution in [1.82, 2.24) is 14.8 Å². The van der Waals surface area contributed by atoms with Crippen molar-refractivity contribution in [3.05, 3.63) is 42.1 Å². The molecule has 16 heavy (non-hydrogen) atoms. The average molecular weight is 231 g/mol. The summed E-state index contributed by atoms with van der Waals surface area (Å²) in [6.45, 7) is 0. The summed E-state index contributed by atoms with van der Waals surface area (Å²) in [4.78, 5) is 3.60. The van der Waals surface area contributed by atoms with Gasteiger partial charge in [0.25, 0.3) is 0 Å². The number of pyridine rings is 1. The molecule has 0 unspecified atom stereocenters. The van der Waals surface area contributed by atoms with E-state index < -0.39 is 17.7 Å². The van der Waals surface area contributed by atoms with Gasteiger partial charge >= 0.3 is 6.18 Å². The lowest BCUT2D eigenvalue weighted by molar-refractivity contribution is -0.141. The maximum Gasteiger partial charge on any atom is 0.435 e. The summed E-state index contributed by atoms with van der Waals surface area (Å²) in [5, 5.41) is 3.20. The molecule has 0 aliphatic rings. The van der Waals surface area contributed by atoms with E-state index in [0.29, 0.717) is 0 Å². The van der Waals surface area contributed by atoms with Crippen molar-refractivity contribution in [3.63, 3.8) is 0 Å². The standard InChI is InChI=1S/C9H5F4N3/c10-6-2-1-4-14-8(6)16-5-3-7(15-16)9(11,12)13/h1-5H. The Morgan fingerprint density at radius 2 is 1.94 bits per heavy atom. The van der Waals surface area contributed by atoms with E-state index in [9.17, 15) is 17.6 Å². The lowest BCUT2D eigenvalue weighted by atomic mass is 10.4. The zero-order valence-electron chi connectivity index (χ0n) is 7.74. The first-order valence-electron chi connectivity index (χ1n) is 4.22. The molecule has 0 saturated carbocycles. The summed E-state index contributed by atoms with van der Waals surface area (Å²) in [5.74, 6) is -1.00. The second-order valence-electron chi connectivity index (χ2n) is 2.95. The molecule has 0 fully saturated rings. The van der Waals surface area contributed by atoms with Crippen LogP contribution in [0.25, 0.3) is 5.82 Å². The smallest absolute Gasteiger partial charge is 0.235 e. The molecule has 2 aromatic rings. The van der Waals surface area contributed by atoms with Crippen molar-refractivity contribution in [2.75, 3.05) is 0 Å². The number of hydrogen-bond donors (Lipinski definition) is 0. The fourth-order valence-corrected chi connectivity index (χ4v) is 1.14. The normalized spacial score (nSPS) is 11.8. The highest BCUT2D eigenvalue weighted by molar-refractivity contribution is 5.23. The average Bonchev–Trinajstić information content (AvgIpc) is 2.66. The van der Waals surface area contributed by atoms with Gasteiger partial charge in [0, 0.05) is 12.4 Å². The summed E-state index contributed by atoms with van der Waals surface area (Å²) < 4.78 is 50.6. The van der Waals surface area contributed by atoms with Crippen LogP contribution < -0.4 is 0 Å². The van der Waals surface area contributed by atoms with Crippen molar-refractivity contribution >= 4 is 0 Å². The number of alkyl halides is 3. The highest BCUT2D eigenvalue weighted by atomic mass is 19.4. The van der Waals surface area contributed by atoms with Gasteiger partial charge in [-0.3, -0.25) is 0 Å². The monoisotopic (exact) mass is 231 g/mol. The third-order valence-corrected chi connectivity index (χ3v) is 1.84. The predicted molar refractivity (Wildman–Crippen MR) is 46.3 cm³/mol. The van der Waals surface area contributed by atoms with E-state index in [1.807, 2.05) is 0 Å². The Kier molecular flexibility index (Phi) is 2.37. The second kappa shape index (κ2) is 3.58. The van der Waals surface area contributed by atoms with Crippen LogP contribution in [0, 0.1) is 5.82 Å². The largest absolute Gasteiger partial charge is 0.435 e. The Morgan fingerprint density at radius 1 is 1.19 bits per heavy atom. The highest BCUT2D eigenvalue weighted by Gasteiger charge is 2.33. The van der Waals surface area contributed by atoms with Crippen LogP contribution in [0.4, 0.5) is 17.6 Å². The fourth-order valence-electron chi connectivity index (χ4n) is 1.14. The summed E-state index contributed by atoms with van der Waals surface area (Å²) in [5.41, 5.74) is -1.09. The first-order valence-corrected chi connectivity index (χ1v) is 4.22. The SMILES string of the molecule is Fc1cccnc1-n1ccc(C(F)(F)F)n1. The number of halogens is 4. The Morgan fingerprint density at radius 3 is 2.50 bits per heavy atom.